The van der Waals surface area contributed by atoms with Crippen LogP contribution in [-0.2, 0) is 4.79 Å². The topological polar surface area (TPSA) is 58.2 Å². The molecule has 102 valence electrons. The molecule has 0 saturated heterocycles. The van der Waals surface area contributed by atoms with Crippen LogP contribution in [0.15, 0.2) is 24.3 Å². The lowest BCUT2D eigenvalue weighted by molar-refractivity contribution is -0.120. The number of amides is 2. The molecule has 1 aliphatic rings. The van der Waals surface area contributed by atoms with Crippen molar-refractivity contribution in [2.45, 2.75) is 38.6 Å². The molecule has 0 aliphatic heterocycles. The van der Waals surface area contributed by atoms with E-state index in [2.05, 4.69) is 24.5 Å². The second kappa shape index (κ2) is 5.87. The largest absolute Gasteiger partial charge is 0.352 e. The van der Waals surface area contributed by atoms with Crippen LogP contribution < -0.4 is 10.6 Å². The Kier molecular flexibility index (Phi) is 4.20. The molecule has 0 heterocycles. The number of nitrogens with one attached hydrogen (secondary N) is 2. The minimum atomic E-state index is -0.207. The van der Waals surface area contributed by atoms with E-state index in [0.717, 1.165) is 12.8 Å². The molecule has 0 bridgehead atoms. The van der Waals surface area contributed by atoms with E-state index in [1.54, 1.807) is 12.1 Å². The van der Waals surface area contributed by atoms with Gasteiger partial charge in [-0.05, 0) is 36.5 Å². The van der Waals surface area contributed by atoms with E-state index in [9.17, 15) is 9.59 Å². The van der Waals surface area contributed by atoms with Gasteiger partial charge in [-0.15, -0.1) is 0 Å². The van der Waals surface area contributed by atoms with E-state index in [1.165, 1.54) is 5.56 Å². The monoisotopic (exact) mass is 260 g/mol. The molecule has 2 amide bonds. The van der Waals surface area contributed by atoms with Crippen molar-refractivity contribution in [3.63, 3.8) is 0 Å². The van der Waals surface area contributed by atoms with E-state index in [1.807, 2.05) is 12.1 Å². The van der Waals surface area contributed by atoms with E-state index >= 15 is 0 Å². The van der Waals surface area contributed by atoms with Gasteiger partial charge in [0.2, 0.25) is 5.91 Å². The van der Waals surface area contributed by atoms with Gasteiger partial charge in [0, 0.05) is 11.6 Å². The molecule has 0 spiro atoms. The quantitative estimate of drug-likeness (QED) is 0.848. The summed E-state index contributed by atoms with van der Waals surface area (Å²) < 4.78 is 0. The zero-order chi connectivity index (χ0) is 13.8. The maximum Gasteiger partial charge on any atom is 0.251 e. The maximum absolute atomic E-state index is 11.8. The van der Waals surface area contributed by atoms with Gasteiger partial charge in [0.1, 0.15) is 0 Å². The molecule has 0 unspecified atom stereocenters. The Labute approximate surface area is 113 Å². The van der Waals surface area contributed by atoms with Gasteiger partial charge in [0.25, 0.3) is 5.91 Å². The van der Waals surface area contributed by atoms with Crippen LogP contribution in [0.4, 0.5) is 0 Å². The highest BCUT2D eigenvalue weighted by atomic mass is 16.2. The van der Waals surface area contributed by atoms with Crippen molar-refractivity contribution >= 4 is 11.8 Å². The Bertz CT molecular complexity index is 462. The van der Waals surface area contributed by atoms with Crippen molar-refractivity contribution in [1.29, 1.82) is 0 Å². The fraction of sp³-hybridized carbons (Fsp3) is 0.467. The van der Waals surface area contributed by atoms with Crippen LogP contribution in [-0.4, -0.2) is 24.4 Å². The van der Waals surface area contributed by atoms with Crippen molar-refractivity contribution in [1.82, 2.24) is 10.6 Å². The van der Waals surface area contributed by atoms with Gasteiger partial charge in [-0.3, -0.25) is 9.59 Å². The summed E-state index contributed by atoms with van der Waals surface area (Å²) in [6.07, 6.45) is 2.10. The van der Waals surface area contributed by atoms with E-state index in [-0.39, 0.29) is 18.4 Å². The van der Waals surface area contributed by atoms with Crippen LogP contribution in [0.3, 0.4) is 0 Å². The minimum absolute atomic E-state index is 0.0429. The second-order valence-electron chi connectivity index (χ2n) is 5.30. The number of hydrogen-bond donors (Lipinski definition) is 2. The second-order valence-corrected chi connectivity index (χ2v) is 5.30. The molecule has 4 nitrogen and oxygen atoms in total. The molecule has 1 saturated carbocycles. The normalized spacial score (nSPS) is 14.3. The van der Waals surface area contributed by atoms with Crippen molar-refractivity contribution in [3.8, 4) is 0 Å². The number of carbonyl (C=O) groups excluding carboxylic acids is 2. The predicted octanol–water partition coefficient (Wildman–Crippen LogP) is 1.82. The number of rotatable bonds is 5. The third-order valence-electron chi connectivity index (χ3n) is 3.19. The van der Waals surface area contributed by atoms with Crippen molar-refractivity contribution < 1.29 is 9.59 Å². The van der Waals surface area contributed by atoms with Gasteiger partial charge in [-0.25, -0.2) is 0 Å². The Hall–Kier alpha value is -1.84. The summed E-state index contributed by atoms with van der Waals surface area (Å²) in [5.74, 6) is 0.123. The molecule has 0 aromatic heterocycles. The third-order valence-corrected chi connectivity index (χ3v) is 3.19. The van der Waals surface area contributed by atoms with Crippen LogP contribution in [0.5, 0.6) is 0 Å². The SMILES string of the molecule is CC(C)c1ccc(C(=O)NCC(=O)NC2CC2)cc1. The standard InChI is InChI=1S/C15H20N2O2/c1-10(2)11-3-5-12(6-4-11)15(19)16-9-14(18)17-13-7-8-13/h3-6,10,13H,7-9H2,1-2H3,(H,16,19)(H,17,18). The molecular formula is C15H20N2O2. The predicted molar refractivity (Wildman–Crippen MR) is 74.0 cm³/mol. The first kappa shape index (κ1) is 13.6. The Morgan fingerprint density at radius 2 is 1.84 bits per heavy atom. The van der Waals surface area contributed by atoms with Gasteiger partial charge >= 0.3 is 0 Å². The van der Waals surface area contributed by atoms with Crippen molar-refractivity contribution in [3.05, 3.63) is 35.4 Å². The fourth-order valence-electron chi connectivity index (χ4n) is 1.79. The molecule has 2 N–H and O–H groups in total. The zero-order valence-electron chi connectivity index (χ0n) is 11.4. The van der Waals surface area contributed by atoms with Crippen LogP contribution in [0.1, 0.15) is 48.5 Å². The van der Waals surface area contributed by atoms with E-state index in [4.69, 9.17) is 0 Å². The van der Waals surface area contributed by atoms with E-state index in [0.29, 0.717) is 17.5 Å². The van der Waals surface area contributed by atoms with Gasteiger partial charge in [0.05, 0.1) is 6.54 Å². The summed E-state index contributed by atoms with van der Waals surface area (Å²) in [5, 5.41) is 5.46. The lowest BCUT2D eigenvalue weighted by Crippen LogP contribution is -2.37. The average Bonchev–Trinajstić information content (AvgIpc) is 3.20. The number of benzene rings is 1. The summed E-state index contributed by atoms with van der Waals surface area (Å²) >= 11 is 0. The summed E-state index contributed by atoms with van der Waals surface area (Å²) in [6.45, 7) is 4.26. The lowest BCUT2D eigenvalue weighted by atomic mass is 10.0. The minimum Gasteiger partial charge on any atom is -0.352 e. The number of hydrogen-bond acceptors (Lipinski definition) is 2. The van der Waals surface area contributed by atoms with Gasteiger partial charge in [0.15, 0.2) is 0 Å². The highest BCUT2D eigenvalue weighted by molar-refractivity contribution is 5.96. The molecule has 1 aromatic rings. The molecular weight excluding hydrogens is 240 g/mol. The molecule has 1 fully saturated rings. The van der Waals surface area contributed by atoms with Gasteiger partial charge in [-0.2, -0.15) is 0 Å². The fourth-order valence-corrected chi connectivity index (χ4v) is 1.79. The zero-order valence-corrected chi connectivity index (χ0v) is 11.4. The molecule has 0 atom stereocenters. The van der Waals surface area contributed by atoms with E-state index < -0.39 is 0 Å². The molecule has 4 heteroatoms. The first-order valence-corrected chi connectivity index (χ1v) is 6.74. The first-order chi connectivity index (χ1) is 9.06. The van der Waals surface area contributed by atoms with Crippen molar-refractivity contribution in [2.24, 2.45) is 0 Å². The maximum atomic E-state index is 11.8. The molecule has 0 radical (unpaired) electrons. The first-order valence-electron chi connectivity index (χ1n) is 6.74. The van der Waals surface area contributed by atoms with Crippen LogP contribution in [0.2, 0.25) is 0 Å². The molecule has 1 aliphatic carbocycles. The molecule has 2 rings (SSSR count). The average molecular weight is 260 g/mol. The lowest BCUT2D eigenvalue weighted by Gasteiger charge is -2.08. The highest BCUT2D eigenvalue weighted by Gasteiger charge is 2.23. The Morgan fingerprint density at radius 1 is 1.21 bits per heavy atom. The summed E-state index contributed by atoms with van der Waals surface area (Å²) in [4.78, 5) is 23.3. The summed E-state index contributed by atoms with van der Waals surface area (Å²) in [6, 6.07) is 7.82. The molecule has 19 heavy (non-hydrogen) atoms. The van der Waals surface area contributed by atoms with Gasteiger partial charge < -0.3 is 10.6 Å². The smallest absolute Gasteiger partial charge is 0.251 e. The Balaban J connectivity index is 1.83. The Morgan fingerprint density at radius 3 is 2.37 bits per heavy atom. The highest BCUT2D eigenvalue weighted by Crippen LogP contribution is 2.18. The van der Waals surface area contributed by atoms with Gasteiger partial charge in [-0.1, -0.05) is 26.0 Å². The van der Waals surface area contributed by atoms with Crippen molar-refractivity contribution in [2.75, 3.05) is 6.54 Å². The van der Waals surface area contributed by atoms with Crippen LogP contribution >= 0.6 is 0 Å². The third kappa shape index (κ3) is 4.09. The number of carbonyl (C=O) groups is 2. The summed E-state index contributed by atoms with van der Waals surface area (Å²) in [7, 11) is 0. The van der Waals surface area contributed by atoms with Crippen LogP contribution in [0, 0.1) is 0 Å². The van der Waals surface area contributed by atoms with Crippen LogP contribution in [0.25, 0.3) is 0 Å². The molecule has 1 aromatic carbocycles. The summed E-state index contributed by atoms with van der Waals surface area (Å²) in [5.41, 5.74) is 1.78.